The number of hydrogen-bond acceptors (Lipinski definition) is 4. The second-order valence-corrected chi connectivity index (χ2v) is 6.11. The third-order valence-corrected chi connectivity index (χ3v) is 4.61. The lowest BCUT2D eigenvalue weighted by atomic mass is 10.1. The number of benzene rings is 1. The zero-order valence-electron chi connectivity index (χ0n) is 12.1. The number of rotatable bonds is 3. The lowest BCUT2D eigenvalue weighted by Crippen LogP contribution is -2.48. The average molecular weight is 306 g/mol. The highest BCUT2D eigenvalue weighted by Gasteiger charge is 2.23. The van der Waals surface area contributed by atoms with Crippen molar-refractivity contribution >= 4 is 17.3 Å². The summed E-state index contributed by atoms with van der Waals surface area (Å²) in [5.74, 6) is 0. The standard InChI is InChI=1S/C16H20ClN3O/c17-16-10-14(4-3-13(16)11-18)20-7-5-19(6-8-20)12-15-2-1-9-21-15/h3-4,10,15H,1-2,5-9,12H2/t15-/m0/s1. The van der Waals surface area contributed by atoms with Crippen LogP contribution >= 0.6 is 11.6 Å². The van der Waals surface area contributed by atoms with Crippen LogP contribution in [0.3, 0.4) is 0 Å². The van der Waals surface area contributed by atoms with E-state index < -0.39 is 0 Å². The van der Waals surface area contributed by atoms with Crippen LogP contribution in [0.5, 0.6) is 0 Å². The van der Waals surface area contributed by atoms with E-state index in [0.717, 1.165) is 45.0 Å². The highest BCUT2D eigenvalue weighted by atomic mass is 35.5. The van der Waals surface area contributed by atoms with E-state index >= 15 is 0 Å². The van der Waals surface area contributed by atoms with Crippen molar-refractivity contribution in [2.45, 2.75) is 18.9 Å². The summed E-state index contributed by atoms with van der Waals surface area (Å²) >= 11 is 6.11. The fourth-order valence-corrected chi connectivity index (χ4v) is 3.27. The van der Waals surface area contributed by atoms with E-state index in [4.69, 9.17) is 21.6 Å². The Balaban J connectivity index is 1.55. The largest absolute Gasteiger partial charge is 0.377 e. The van der Waals surface area contributed by atoms with Gasteiger partial charge in [-0.15, -0.1) is 0 Å². The van der Waals surface area contributed by atoms with Crippen LogP contribution in [-0.2, 0) is 4.74 Å². The van der Waals surface area contributed by atoms with E-state index in [2.05, 4.69) is 15.9 Å². The third kappa shape index (κ3) is 3.49. The number of nitrogens with zero attached hydrogens (tertiary/aromatic N) is 3. The molecule has 0 aliphatic carbocycles. The van der Waals surface area contributed by atoms with Gasteiger partial charge in [-0.3, -0.25) is 4.90 Å². The summed E-state index contributed by atoms with van der Waals surface area (Å²) in [5, 5.41) is 9.46. The summed E-state index contributed by atoms with van der Waals surface area (Å²) in [6, 6.07) is 7.79. The monoisotopic (exact) mass is 305 g/mol. The molecule has 2 aliphatic rings. The van der Waals surface area contributed by atoms with Gasteiger partial charge in [0.25, 0.3) is 0 Å². The second kappa shape index (κ2) is 6.65. The number of halogens is 1. The smallest absolute Gasteiger partial charge is 0.101 e. The molecular weight excluding hydrogens is 286 g/mol. The molecule has 4 nitrogen and oxygen atoms in total. The molecule has 1 aromatic rings. The second-order valence-electron chi connectivity index (χ2n) is 5.70. The molecule has 21 heavy (non-hydrogen) atoms. The molecule has 1 atom stereocenters. The molecule has 0 aromatic heterocycles. The summed E-state index contributed by atoms with van der Waals surface area (Å²) in [6.07, 6.45) is 2.83. The molecule has 3 rings (SSSR count). The van der Waals surface area contributed by atoms with Crippen molar-refractivity contribution in [3.8, 4) is 6.07 Å². The Bertz CT molecular complexity index is 529. The minimum absolute atomic E-state index is 0.431. The van der Waals surface area contributed by atoms with Crippen LogP contribution in [-0.4, -0.2) is 50.3 Å². The molecule has 0 unspecified atom stereocenters. The van der Waals surface area contributed by atoms with Crippen LogP contribution in [0, 0.1) is 11.3 Å². The van der Waals surface area contributed by atoms with E-state index in [9.17, 15) is 0 Å². The summed E-state index contributed by atoms with van der Waals surface area (Å²) in [6.45, 7) is 6.08. The number of hydrogen-bond donors (Lipinski definition) is 0. The Morgan fingerprint density at radius 2 is 2.10 bits per heavy atom. The fourth-order valence-electron chi connectivity index (χ4n) is 3.06. The summed E-state index contributed by atoms with van der Waals surface area (Å²) in [4.78, 5) is 4.82. The van der Waals surface area contributed by atoms with Gasteiger partial charge in [-0.05, 0) is 31.0 Å². The van der Waals surface area contributed by atoms with Gasteiger partial charge in [-0.25, -0.2) is 0 Å². The van der Waals surface area contributed by atoms with E-state index in [1.807, 2.05) is 12.1 Å². The van der Waals surface area contributed by atoms with Crippen LogP contribution in [0.15, 0.2) is 18.2 Å². The first kappa shape index (κ1) is 14.6. The maximum atomic E-state index is 8.92. The quantitative estimate of drug-likeness (QED) is 0.860. The molecule has 0 radical (unpaired) electrons. The SMILES string of the molecule is N#Cc1ccc(N2CCN(C[C@@H]3CCCO3)CC2)cc1Cl. The van der Waals surface area contributed by atoms with Crippen LogP contribution < -0.4 is 4.90 Å². The Morgan fingerprint density at radius 3 is 2.71 bits per heavy atom. The number of anilines is 1. The van der Waals surface area contributed by atoms with Gasteiger partial charge in [0.05, 0.1) is 16.7 Å². The molecule has 0 saturated carbocycles. The molecule has 5 heteroatoms. The van der Waals surface area contributed by atoms with Crippen molar-refractivity contribution in [3.63, 3.8) is 0 Å². The molecule has 112 valence electrons. The summed E-state index contributed by atoms with van der Waals surface area (Å²) in [5.41, 5.74) is 1.65. The first-order chi connectivity index (χ1) is 10.3. The van der Waals surface area contributed by atoms with E-state index in [-0.39, 0.29) is 0 Å². The normalized spacial score (nSPS) is 23.2. The Morgan fingerprint density at radius 1 is 1.29 bits per heavy atom. The van der Waals surface area contributed by atoms with Crippen molar-refractivity contribution in [3.05, 3.63) is 28.8 Å². The van der Waals surface area contributed by atoms with Gasteiger partial charge < -0.3 is 9.64 Å². The van der Waals surface area contributed by atoms with Crippen molar-refractivity contribution in [1.29, 1.82) is 5.26 Å². The molecule has 2 saturated heterocycles. The molecule has 0 spiro atoms. The van der Waals surface area contributed by atoms with Gasteiger partial charge in [-0.2, -0.15) is 5.26 Å². The maximum absolute atomic E-state index is 8.92. The van der Waals surface area contributed by atoms with Crippen molar-refractivity contribution in [2.75, 3.05) is 44.2 Å². The van der Waals surface area contributed by atoms with Gasteiger partial charge >= 0.3 is 0 Å². The molecule has 2 aliphatic heterocycles. The fraction of sp³-hybridized carbons (Fsp3) is 0.562. The number of ether oxygens (including phenoxy) is 1. The first-order valence-corrected chi connectivity index (χ1v) is 7.92. The summed E-state index contributed by atoms with van der Waals surface area (Å²) < 4.78 is 5.71. The first-order valence-electron chi connectivity index (χ1n) is 7.55. The number of piperazine rings is 1. The van der Waals surface area contributed by atoms with Gasteiger partial charge in [0.2, 0.25) is 0 Å². The minimum atomic E-state index is 0.431. The molecular formula is C16H20ClN3O. The topological polar surface area (TPSA) is 39.5 Å². The van der Waals surface area contributed by atoms with Crippen LogP contribution in [0.25, 0.3) is 0 Å². The van der Waals surface area contributed by atoms with E-state index in [1.54, 1.807) is 6.07 Å². The zero-order chi connectivity index (χ0) is 14.7. The zero-order valence-corrected chi connectivity index (χ0v) is 12.9. The molecule has 1 aromatic carbocycles. The van der Waals surface area contributed by atoms with Crippen LogP contribution in [0.4, 0.5) is 5.69 Å². The molecule has 0 amide bonds. The van der Waals surface area contributed by atoms with Crippen molar-refractivity contribution in [2.24, 2.45) is 0 Å². The average Bonchev–Trinajstić information content (AvgIpc) is 3.01. The maximum Gasteiger partial charge on any atom is 0.101 e. The Hall–Kier alpha value is -1.28. The van der Waals surface area contributed by atoms with Gasteiger partial charge in [0, 0.05) is 45.0 Å². The summed E-state index contributed by atoms with van der Waals surface area (Å²) in [7, 11) is 0. The van der Waals surface area contributed by atoms with Gasteiger partial charge in [0.15, 0.2) is 0 Å². The van der Waals surface area contributed by atoms with Crippen molar-refractivity contribution in [1.82, 2.24) is 4.90 Å². The molecule has 0 bridgehead atoms. The molecule has 0 N–H and O–H groups in total. The molecule has 2 heterocycles. The highest BCUT2D eigenvalue weighted by molar-refractivity contribution is 6.32. The Kier molecular flexibility index (Phi) is 4.64. The predicted octanol–water partition coefficient (Wildman–Crippen LogP) is 2.51. The van der Waals surface area contributed by atoms with Gasteiger partial charge in [-0.1, -0.05) is 11.6 Å². The highest BCUT2D eigenvalue weighted by Crippen LogP contribution is 2.24. The van der Waals surface area contributed by atoms with E-state index in [0.29, 0.717) is 16.7 Å². The van der Waals surface area contributed by atoms with Crippen LogP contribution in [0.2, 0.25) is 5.02 Å². The van der Waals surface area contributed by atoms with E-state index in [1.165, 1.54) is 12.8 Å². The molecule has 2 fully saturated rings. The lowest BCUT2D eigenvalue weighted by Gasteiger charge is -2.37. The third-order valence-electron chi connectivity index (χ3n) is 4.30. The lowest BCUT2D eigenvalue weighted by molar-refractivity contribution is 0.0713. The minimum Gasteiger partial charge on any atom is -0.377 e. The number of nitriles is 1. The Labute approximate surface area is 130 Å². The van der Waals surface area contributed by atoms with Crippen LogP contribution in [0.1, 0.15) is 18.4 Å². The predicted molar refractivity (Wildman–Crippen MR) is 83.8 cm³/mol. The van der Waals surface area contributed by atoms with Crippen molar-refractivity contribution < 1.29 is 4.74 Å². The van der Waals surface area contributed by atoms with Gasteiger partial charge in [0.1, 0.15) is 6.07 Å².